The van der Waals surface area contributed by atoms with Crippen molar-refractivity contribution in [1.82, 2.24) is 0 Å². The molecule has 0 unspecified atom stereocenters. The van der Waals surface area contributed by atoms with Crippen molar-refractivity contribution in [3.05, 3.63) is 0 Å². The number of aliphatic carboxylic acids is 4. The highest BCUT2D eigenvalue weighted by atomic mass is 16.4. The molecule has 0 spiro atoms. The fourth-order valence-corrected chi connectivity index (χ4v) is 0.428. The van der Waals surface area contributed by atoms with Gasteiger partial charge in [0.2, 0.25) is 0 Å². The van der Waals surface area contributed by atoms with Gasteiger partial charge in [-0.05, 0) is 0 Å². The maximum Gasteiger partial charge on any atom is 0.303 e. The second-order valence-corrected chi connectivity index (χ2v) is 3.02. The Balaban J connectivity index is -0.000000276. The zero-order valence-electron chi connectivity index (χ0n) is 14.6. The number of hydrogen-bond acceptors (Lipinski definition) is 6. The van der Waals surface area contributed by atoms with E-state index in [9.17, 15) is 19.2 Å². The number of rotatable bonds is 9. The van der Waals surface area contributed by atoms with Crippen LogP contribution in [0.25, 0.3) is 0 Å². The van der Waals surface area contributed by atoms with E-state index in [0.717, 1.165) is 0 Å². The average Bonchev–Trinajstić information content (AvgIpc) is 2.42. The fourth-order valence-electron chi connectivity index (χ4n) is 0.428. The molecule has 0 amide bonds. The van der Waals surface area contributed by atoms with Gasteiger partial charge in [0.05, 0.1) is 25.7 Å². The van der Waals surface area contributed by atoms with Crippen LogP contribution < -0.4 is 11.4 Å². The fraction of sp³-hybridized carbons (Fsp3) is 0.600. The Morgan fingerprint density at radius 2 is 0.850 bits per heavy atom. The van der Waals surface area contributed by atoms with E-state index in [4.69, 9.17) is 26.1 Å². The Bertz CT molecular complexity index is 331. The van der Waals surface area contributed by atoms with Crippen LogP contribution in [0.1, 0.15) is 25.7 Å². The molecule has 0 aromatic rings. The number of hydrogen-bond donors (Lipinski definition) is 6. The molecule has 0 bridgehead atoms. The summed E-state index contributed by atoms with van der Waals surface area (Å²) in [6.07, 6.45) is -1.19. The van der Waals surface area contributed by atoms with Crippen molar-refractivity contribution >= 4 is 23.9 Å². The van der Waals surface area contributed by atoms with Crippen LogP contribution in [0, 0.1) is 0 Å². The Morgan fingerprint density at radius 3 is 0.950 bits per heavy atom. The molecular formula is C10H20N2O8. The van der Waals surface area contributed by atoms with E-state index in [-0.39, 0.29) is 38.8 Å². The Labute approximate surface area is 120 Å². The number of carboxylic acid groups (broad SMARTS) is 4. The van der Waals surface area contributed by atoms with Crippen molar-refractivity contribution in [2.45, 2.75) is 25.7 Å². The highest BCUT2D eigenvalue weighted by Crippen LogP contribution is 1.86. The molecule has 10 nitrogen and oxygen atoms in total. The first-order chi connectivity index (χ1) is 10.9. The summed E-state index contributed by atoms with van der Waals surface area (Å²) in [5.74, 6) is -4.31. The van der Waals surface area contributed by atoms with Crippen LogP contribution in [0.2, 0.25) is 5.65 Å². The predicted octanol–water partition coefficient (Wildman–Crippen LogP) is -1.22. The minimum atomic E-state index is -1.08. The van der Waals surface area contributed by atoms with Crippen LogP contribution in [0.5, 0.6) is 0 Å². The number of carbonyl (C=O) groups is 4. The summed E-state index contributed by atoms with van der Waals surface area (Å²) in [5.41, 5.74) is 0.881. The highest BCUT2D eigenvalue weighted by molar-refractivity contribution is 5.75. The van der Waals surface area contributed by atoms with E-state index < -0.39 is 23.9 Å². The lowest BCUT2D eigenvalue weighted by molar-refractivity contribution is -0.143. The second-order valence-electron chi connectivity index (χ2n) is 3.02. The Kier molecular flexibility index (Phi) is 11.9. The first-order valence-electron chi connectivity index (χ1n) is 7.05. The molecule has 118 valence electrons. The lowest BCUT2D eigenvalue weighted by Crippen LogP contribution is -2.11. The lowest BCUT2D eigenvalue weighted by atomic mass is 10.3. The first kappa shape index (κ1) is 14.2. The minimum absolute atomic E-state index is 0.104. The molecule has 0 aromatic carbocycles. The van der Waals surface area contributed by atoms with Gasteiger partial charge in [0.25, 0.3) is 0 Å². The zero-order chi connectivity index (χ0) is 19.7. The van der Waals surface area contributed by atoms with Crippen molar-refractivity contribution < 1.29 is 45.3 Å². The summed E-state index contributed by atoms with van der Waals surface area (Å²) < 4.78 is 25.9. The van der Waals surface area contributed by atoms with E-state index in [1.807, 2.05) is 0 Å². The Hall–Kier alpha value is -2.20. The molecule has 0 aliphatic carbocycles. The van der Waals surface area contributed by atoms with Crippen molar-refractivity contribution in [3.8, 4) is 0 Å². The van der Waals surface area contributed by atoms with E-state index in [1.54, 1.807) is 0 Å². The molecule has 0 saturated carbocycles. The van der Waals surface area contributed by atoms with Crippen molar-refractivity contribution in [3.63, 3.8) is 0 Å². The molecule has 0 aromatic heterocycles. The van der Waals surface area contributed by atoms with Gasteiger partial charge in [-0.1, -0.05) is 0 Å². The van der Waals surface area contributed by atoms with E-state index in [0.29, 0.717) is 11.4 Å². The topological polar surface area (TPSA) is 201 Å². The normalized spacial score (nSPS) is 11.5. The molecule has 20 heavy (non-hydrogen) atoms. The molecule has 0 heterocycles. The van der Waals surface area contributed by atoms with Crippen LogP contribution in [-0.4, -0.2) is 57.4 Å². The van der Waals surface area contributed by atoms with Crippen LogP contribution in [-0.2, 0) is 19.2 Å². The quantitative estimate of drug-likeness (QED) is 0.299. The van der Waals surface area contributed by atoms with Crippen molar-refractivity contribution in [2.24, 2.45) is 11.4 Å². The molecule has 0 aliphatic heterocycles. The standard InChI is InChI=1S/2C4H6O4.C2H8N2/c2*5-3(6)1-2-4(7)8;3-1-2-4/h2*1-2H2,(H,5,6)(H,7,8);1-4H2/i/hD4. The van der Waals surface area contributed by atoms with Crippen LogP contribution in [0.4, 0.5) is 0 Å². The summed E-state index contributed by atoms with van der Waals surface area (Å²) >= 11 is 0. The van der Waals surface area contributed by atoms with Gasteiger partial charge in [0, 0.05) is 13.1 Å². The van der Waals surface area contributed by atoms with E-state index in [2.05, 4.69) is 0 Å². The predicted molar refractivity (Wildman–Crippen MR) is 67.1 cm³/mol. The summed E-state index contributed by atoms with van der Waals surface area (Å²) in [6, 6.07) is 0. The highest BCUT2D eigenvalue weighted by Gasteiger charge is 2.00. The molecule has 0 fully saturated rings. The molecule has 0 saturated heterocycles. The van der Waals surface area contributed by atoms with Gasteiger partial charge < -0.3 is 31.9 Å². The Morgan fingerprint density at radius 1 is 0.650 bits per heavy atom. The van der Waals surface area contributed by atoms with Gasteiger partial charge in [-0.15, -0.1) is 0 Å². The van der Waals surface area contributed by atoms with Gasteiger partial charge in [0.1, 0.15) is 5.65 Å². The monoisotopic (exact) mass is 300 g/mol. The largest absolute Gasteiger partial charge is 0.481 e. The van der Waals surface area contributed by atoms with Gasteiger partial charge in [-0.2, -0.15) is 0 Å². The molecule has 0 radical (unpaired) electrons. The summed E-state index contributed by atoms with van der Waals surface area (Å²) in [4.78, 5) is 38.6. The van der Waals surface area contributed by atoms with Crippen molar-refractivity contribution in [1.29, 1.82) is 0 Å². The van der Waals surface area contributed by atoms with Crippen LogP contribution in [0.15, 0.2) is 0 Å². The SMILES string of the molecule is O=C(O)CCC(=O)O.O=C(O)CCC(=O)O.[2H]N([2H])CCN([2H])[2H]. The summed E-state index contributed by atoms with van der Waals surface area (Å²) in [6.45, 7) is 0.208. The molecular weight excluding hydrogens is 276 g/mol. The molecule has 0 rings (SSSR count). The van der Waals surface area contributed by atoms with E-state index in [1.165, 1.54) is 0 Å². The third-order valence-electron chi connectivity index (χ3n) is 1.21. The lowest BCUT2D eigenvalue weighted by Gasteiger charge is -1.85. The minimum Gasteiger partial charge on any atom is -0.481 e. The van der Waals surface area contributed by atoms with Crippen LogP contribution >= 0.6 is 0 Å². The van der Waals surface area contributed by atoms with Gasteiger partial charge in [-0.25, -0.2) is 0 Å². The smallest absolute Gasteiger partial charge is 0.303 e. The van der Waals surface area contributed by atoms with Crippen molar-refractivity contribution in [2.75, 3.05) is 13.1 Å². The summed E-state index contributed by atoms with van der Waals surface area (Å²) in [5, 5.41) is 31.6. The number of carboxylic acids is 4. The first-order valence-corrected chi connectivity index (χ1v) is 5.26. The molecule has 0 aliphatic rings. The van der Waals surface area contributed by atoms with Gasteiger partial charge >= 0.3 is 23.9 Å². The maximum atomic E-state index is 9.64. The van der Waals surface area contributed by atoms with Gasteiger partial charge in [0.15, 0.2) is 0 Å². The third kappa shape index (κ3) is 44.7. The second kappa shape index (κ2) is 16.8. The molecule has 10 heteroatoms. The summed E-state index contributed by atoms with van der Waals surface area (Å²) in [7, 11) is 0. The van der Waals surface area contributed by atoms with E-state index >= 15 is 0 Å². The van der Waals surface area contributed by atoms with Crippen LogP contribution in [0.3, 0.4) is 0 Å². The maximum absolute atomic E-state index is 9.64. The molecule has 8 N–H and O–H groups in total. The third-order valence-corrected chi connectivity index (χ3v) is 1.21. The number of nitrogens with two attached hydrogens (primary N) is 2. The van der Waals surface area contributed by atoms with Gasteiger partial charge in [-0.3, -0.25) is 19.2 Å². The molecule has 0 atom stereocenters. The average molecular weight is 300 g/mol. The zero-order valence-corrected chi connectivity index (χ0v) is 10.6.